The van der Waals surface area contributed by atoms with Crippen LogP contribution in [0.15, 0.2) is 24.3 Å². The summed E-state index contributed by atoms with van der Waals surface area (Å²) in [5, 5.41) is 11.6. The molecule has 0 saturated heterocycles. The Morgan fingerprint density at radius 2 is 2.11 bits per heavy atom. The highest BCUT2D eigenvalue weighted by molar-refractivity contribution is 5.76. The van der Waals surface area contributed by atoms with Crippen molar-refractivity contribution in [2.45, 2.75) is 25.8 Å². The summed E-state index contributed by atoms with van der Waals surface area (Å²) in [4.78, 5) is 11.5. The van der Waals surface area contributed by atoms with Crippen LogP contribution in [-0.4, -0.2) is 30.3 Å². The van der Waals surface area contributed by atoms with Crippen LogP contribution in [0.4, 0.5) is 4.39 Å². The van der Waals surface area contributed by atoms with Crippen molar-refractivity contribution in [2.24, 2.45) is 0 Å². The quantitative estimate of drug-likeness (QED) is 0.776. The van der Waals surface area contributed by atoms with E-state index in [1.165, 1.54) is 24.3 Å². The van der Waals surface area contributed by atoms with E-state index in [-0.39, 0.29) is 37.4 Å². The Labute approximate surface area is 106 Å². The summed E-state index contributed by atoms with van der Waals surface area (Å²) in [6.07, 6.45) is 0.884. The molecule has 0 aliphatic rings. The molecule has 2 N–H and O–H groups in total. The van der Waals surface area contributed by atoms with Crippen LogP contribution in [0.3, 0.4) is 0 Å². The third kappa shape index (κ3) is 5.14. The highest BCUT2D eigenvalue weighted by Crippen LogP contribution is 2.11. The predicted molar refractivity (Wildman–Crippen MR) is 65.8 cm³/mol. The first-order valence-corrected chi connectivity index (χ1v) is 5.94. The van der Waals surface area contributed by atoms with Crippen molar-refractivity contribution in [2.75, 3.05) is 13.2 Å². The zero-order valence-corrected chi connectivity index (χ0v) is 10.4. The molecule has 0 saturated carbocycles. The monoisotopic (exact) mass is 255 g/mol. The standard InChI is InChI=1S/C13H18FNO3/c1-2-11(9-16)15-13(17)7-8-18-12-5-3-10(14)4-6-12/h3-6,11,16H,2,7-9H2,1H3,(H,15,17). The fourth-order valence-electron chi connectivity index (χ4n) is 1.37. The SMILES string of the molecule is CCC(CO)NC(=O)CCOc1ccc(F)cc1. The first-order valence-electron chi connectivity index (χ1n) is 5.94. The number of hydrogen-bond donors (Lipinski definition) is 2. The van der Waals surface area contributed by atoms with Crippen LogP contribution >= 0.6 is 0 Å². The van der Waals surface area contributed by atoms with Gasteiger partial charge >= 0.3 is 0 Å². The number of aliphatic hydroxyl groups is 1. The second-order valence-electron chi connectivity index (χ2n) is 3.91. The average Bonchev–Trinajstić information content (AvgIpc) is 2.38. The minimum atomic E-state index is -0.325. The van der Waals surface area contributed by atoms with E-state index >= 15 is 0 Å². The molecule has 0 aliphatic heterocycles. The maximum absolute atomic E-state index is 12.6. The molecule has 0 aromatic heterocycles. The van der Waals surface area contributed by atoms with Gasteiger partial charge in [0.15, 0.2) is 0 Å². The van der Waals surface area contributed by atoms with Crippen LogP contribution in [-0.2, 0) is 4.79 Å². The van der Waals surface area contributed by atoms with Crippen LogP contribution in [0.25, 0.3) is 0 Å². The molecule has 0 aliphatic carbocycles. The van der Waals surface area contributed by atoms with E-state index in [0.717, 1.165) is 0 Å². The highest BCUT2D eigenvalue weighted by Gasteiger charge is 2.08. The van der Waals surface area contributed by atoms with E-state index in [1.807, 2.05) is 6.92 Å². The molecule has 0 heterocycles. The smallest absolute Gasteiger partial charge is 0.223 e. The molecule has 1 amide bonds. The minimum absolute atomic E-state index is 0.0684. The van der Waals surface area contributed by atoms with E-state index in [0.29, 0.717) is 12.2 Å². The lowest BCUT2D eigenvalue weighted by Gasteiger charge is -2.14. The summed E-state index contributed by atoms with van der Waals surface area (Å²) < 4.78 is 17.9. The summed E-state index contributed by atoms with van der Waals surface area (Å²) in [7, 11) is 0. The van der Waals surface area contributed by atoms with Gasteiger partial charge in [-0.1, -0.05) is 6.92 Å². The van der Waals surface area contributed by atoms with Crippen LogP contribution < -0.4 is 10.1 Å². The predicted octanol–water partition coefficient (Wildman–Crippen LogP) is 1.48. The van der Waals surface area contributed by atoms with Crippen LogP contribution in [0.1, 0.15) is 19.8 Å². The van der Waals surface area contributed by atoms with Gasteiger partial charge in [-0.05, 0) is 30.7 Å². The van der Waals surface area contributed by atoms with Gasteiger partial charge in [-0.25, -0.2) is 4.39 Å². The molecular weight excluding hydrogens is 237 g/mol. The molecule has 0 spiro atoms. The number of aliphatic hydroxyl groups excluding tert-OH is 1. The summed E-state index contributed by atoms with van der Waals surface area (Å²) in [5.74, 6) is 0.0326. The normalized spacial score (nSPS) is 11.9. The Bertz CT molecular complexity index is 363. The largest absolute Gasteiger partial charge is 0.493 e. The zero-order valence-electron chi connectivity index (χ0n) is 10.4. The van der Waals surface area contributed by atoms with Crippen molar-refractivity contribution >= 4 is 5.91 Å². The highest BCUT2D eigenvalue weighted by atomic mass is 19.1. The fraction of sp³-hybridized carbons (Fsp3) is 0.462. The van der Waals surface area contributed by atoms with Gasteiger partial charge < -0.3 is 15.2 Å². The Morgan fingerprint density at radius 1 is 1.44 bits per heavy atom. The Morgan fingerprint density at radius 3 is 2.67 bits per heavy atom. The number of halogens is 1. The number of carbonyl (C=O) groups excluding carboxylic acids is 1. The van der Waals surface area contributed by atoms with Crippen molar-refractivity contribution in [1.29, 1.82) is 0 Å². The molecule has 100 valence electrons. The lowest BCUT2D eigenvalue weighted by atomic mass is 10.2. The Kier molecular flexibility index (Phi) is 6.14. The zero-order chi connectivity index (χ0) is 13.4. The molecule has 1 unspecified atom stereocenters. The fourth-order valence-corrected chi connectivity index (χ4v) is 1.37. The summed E-state index contributed by atoms with van der Waals surface area (Å²) in [6, 6.07) is 5.41. The van der Waals surface area contributed by atoms with Crippen molar-refractivity contribution in [3.8, 4) is 5.75 Å². The summed E-state index contributed by atoms with van der Waals surface area (Å²) in [6.45, 7) is 2.04. The number of benzene rings is 1. The minimum Gasteiger partial charge on any atom is -0.493 e. The van der Waals surface area contributed by atoms with E-state index < -0.39 is 0 Å². The number of carbonyl (C=O) groups is 1. The van der Waals surface area contributed by atoms with Crippen molar-refractivity contribution in [3.63, 3.8) is 0 Å². The number of amides is 1. The van der Waals surface area contributed by atoms with Gasteiger partial charge in [0.1, 0.15) is 11.6 Å². The van der Waals surface area contributed by atoms with E-state index in [9.17, 15) is 9.18 Å². The first-order chi connectivity index (χ1) is 8.65. The van der Waals surface area contributed by atoms with Crippen LogP contribution in [0, 0.1) is 5.82 Å². The number of ether oxygens (including phenoxy) is 1. The van der Waals surface area contributed by atoms with E-state index in [2.05, 4.69) is 5.32 Å². The molecular formula is C13H18FNO3. The molecule has 0 radical (unpaired) electrons. The summed E-state index contributed by atoms with van der Waals surface area (Å²) in [5.41, 5.74) is 0. The van der Waals surface area contributed by atoms with Gasteiger partial charge in [-0.2, -0.15) is 0 Å². The van der Waals surface area contributed by atoms with Gasteiger partial charge in [-0.15, -0.1) is 0 Å². The van der Waals surface area contributed by atoms with Crippen molar-refractivity contribution in [3.05, 3.63) is 30.1 Å². The van der Waals surface area contributed by atoms with E-state index in [1.54, 1.807) is 0 Å². The average molecular weight is 255 g/mol. The van der Waals surface area contributed by atoms with Crippen molar-refractivity contribution < 1.29 is 19.0 Å². The van der Waals surface area contributed by atoms with Gasteiger partial charge in [0.25, 0.3) is 0 Å². The van der Waals surface area contributed by atoms with Crippen molar-refractivity contribution in [1.82, 2.24) is 5.32 Å². The maximum atomic E-state index is 12.6. The van der Waals surface area contributed by atoms with Crippen LogP contribution in [0.5, 0.6) is 5.75 Å². The molecule has 1 atom stereocenters. The first kappa shape index (κ1) is 14.4. The van der Waals surface area contributed by atoms with Gasteiger partial charge in [0.2, 0.25) is 5.91 Å². The maximum Gasteiger partial charge on any atom is 0.223 e. The third-order valence-corrected chi connectivity index (χ3v) is 2.49. The second kappa shape index (κ2) is 7.66. The van der Waals surface area contributed by atoms with Crippen LogP contribution in [0.2, 0.25) is 0 Å². The topological polar surface area (TPSA) is 58.6 Å². The van der Waals surface area contributed by atoms with Gasteiger partial charge in [0, 0.05) is 0 Å². The lowest BCUT2D eigenvalue weighted by Crippen LogP contribution is -2.37. The lowest BCUT2D eigenvalue weighted by molar-refractivity contribution is -0.122. The Balaban J connectivity index is 2.25. The third-order valence-electron chi connectivity index (χ3n) is 2.49. The molecule has 0 fully saturated rings. The molecule has 5 heteroatoms. The molecule has 1 aromatic carbocycles. The number of rotatable bonds is 7. The molecule has 0 bridgehead atoms. The molecule has 1 aromatic rings. The van der Waals surface area contributed by atoms with Gasteiger partial charge in [-0.3, -0.25) is 4.79 Å². The summed E-state index contributed by atoms with van der Waals surface area (Å²) >= 11 is 0. The number of hydrogen-bond acceptors (Lipinski definition) is 3. The Hall–Kier alpha value is -1.62. The molecule has 4 nitrogen and oxygen atoms in total. The number of nitrogens with one attached hydrogen (secondary N) is 1. The molecule has 1 rings (SSSR count). The van der Waals surface area contributed by atoms with E-state index in [4.69, 9.17) is 9.84 Å². The van der Waals surface area contributed by atoms with Gasteiger partial charge in [0.05, 0.1) is 25.7 Å². The molecule has 18 heavy (non-hydrogen) atoms. The second-order valence-corrected chi connectivity index (χ2v) is 3.91.